The van der Waals surface area contributed by atoms with Crippen LogP contribution >= 0.6 is 8.60 Å². The molecule has 0 spiro atoms. The summed E-state index contributed by atoms with van der Waals surface area (Å²) in [6.45, 7) is 4.28. The molecular weight excluding hydrogens is 331 g/mol. The third-order valence-corrected chi connectivity index (χ3v) is 4.63. The van der Waals surface area contributed by atoms with Crippen molar-refractivity contribution < 1.29 is 13.6 Å². The van der Waals surface area contributed by atoms with Gasteiger partial charge in [-0.15, -0.1) is 0 Å². The molecule has 0 heterocycles. The molecule has 0 N–H and O–H groups in total. The van der Waals surface area contributed by atoms with Gasteiger partial charge in [0.05, 0.1) is 0 Å². The zero-order chi connectivity index (χ0) is 17.5. The van der Waals surface area contributed by atoms with Gasteiger partial charge in [0.2, 0.25) is 0 Å². The molecule has 0 aliphatic heterocycles. The maximum absolute atomic E-state index is 6.14. The molecule has 128 valence electrons. The van der Waals surface area contributed by atoms with Crippen LogP contribution in [0.3, 0.4) is 0 Å². The standard InChI is InChI=1S/C21H21O3P/c1-17(2)20-15-9-10-16-21(20)24-25(22-18-11-5-3-6-12-18)23-19-13-7-4-8-14-19/h3-17H,1-2H3. The molecule has 0 atom stereocenters. The minimum Gasteiger partial charge on any atom is -0.409 e. The largest absolute Gasteiger partial charge is 0.530 e. The van der Waals surface area contributed by atoms with Gasteiger partial charge >= 0.3 is 8.60 Å². The quantitative estimate of drug-likeness (QED) is 0.450. The molecule has 0 aromatic heterocycles. The van der Waals surface area contributed by atoms with Crippen LogP contribution in [-0.4, -0.2) is 0 Å². The first-order chi connectivity index (χ1) is 12.2. The molecule has 0 fully saturated rings. The van der Waals surface area contributed by atoms with Crippen LogP contribution in [0, 0.1) is 0 Å². The van der Waals surface area contributed by atoms with Crippen LogP contribution in [0.25, 0.3) is 0 Å². The van der Waals surface area contributed by atoms with Crippen molar-refractivity contribution >= 4 is 8.60 Å². The molecule has 4 heteroatoms. The Morgan fingerprint density at radius 2 is 1.08 bits per heavy atom. The highest BCUT2D eigenvalue weighted by Crippen LogP contribution is 2.44. The smallest absolute Gasteiger partial charge is 0.409 e. The van der Waals surface area contributed by atoms with E-state index in [0.717, 1.165) is 11.3 Å². The van der Waals surface area contributed by atoms with E-state index < -0.39 is 8.60 Å². The lowest BCUT2D eigenvalue weighted by molar-refractivity contribution is 0.386. The van der Waals surface area contributed by atoms with E-state index in [-0.39, 0.29) is 0 Å². The first-order valence-electron chi connectivity index (χ1n) is 8.25. The Hall–Kier alpha value is -2.51. The van der Waals surface area contributed by atoms with Crippen LogP contribution in [-0.2, 0) is 0 Å². The summed E-state index contributed by atoms with van der Waals surface area (Å²) in [6.07, 6.45) is 0. The summed E-state index contributed by atoms with van der Waals surface area (Å²) < 4.78 is 18.1. The van der Waals surface area contributed by atoms with E-state index in [4.69, 9.17) is 13.6 Å². The Morgan fingerprint density at radius 1 is 0.600 bits per heavy atom. The minimum absolute atomic E-state index is 0.349. The molecule has 3 nitrogen and oxygen atoms in total. The Kier molecular flexibility index (Phi) is 5.92. The van der Waals surface area contributed by atoms with Gasteiger partial charge in [-0.2, -0.15) is 0 Å². The first-order valence-corrected chi connectivity index (χ1v) is 9.35. The number of rotatable bonds is 7. The molecular formula is C21H21O3P. The van der Waals surface area contributed by atoms with E-state index in [2.05, 4.69) is 19.9 Å². The Labute approximate surface area is 150 Å². The van der Waals surface area contributed by atoms with Gasteiger partial charge in [0.15, 0.2) is 0 Å². The molecule has 0 saturated carbocycles. The second-order valence-corrected chi connectivity index (χ2v) is 6.81. The van der Waals surface area contributed by atoms with Crippen LogP contribution in [0.1, 0.15) is 25.3 Å². The highest BCUT2D eigenvalue weighted by atomic mass is 31.2. The molecule has 0 amide bonds. The Morgan fingerprint density at radius 3 is 1.60 bits per heavy atom. The van der Waals surface area contributed by atoms with E-state index in [1.165, 1.54) is 0 Å². The zero-order valence-electron chi connectivity index (χ0n) is 14.3. The minimum atomic E-state index is -1.63. The lowest BCUT2D eigenvalue weighted by Crippen LogP contribution is -2.04. The molecule has 0 radical (unpaired) electrons. The van der Waals surface area contributed by atoms with E-state index in [1.807, 2.05) is 78.9 Å². The van der Waals surface area contributed by atoms with Crippen LogP contribution < -0.4 is 13.6 Å². The summed E-state index contributed by atoms with van der Waals surface area (Å²) in [5, 5.41) is 0. The van der Waals surface area contributed by atoms with Crippen molar-refractivity contribution in [2.75, 3.05) is 0 Å². The van der Waals surface area contributed by atoms with Gasteiger partial charge in [0, 0.05) is 0 Å². The van der Waals surface area contributed by atoms with Gasteiger partial charge in [-0.05, 0) is 41.8 Å². The van der Waals surface area contributed by atoms with Crippen molar-refractivity contribution in [1.29, 1.82) is 0 Å². The Balaban J connectivity index is 1.83. The number of hydrogen-bond acceptors (Lipinski definition) is 3. The van der Waals surface area contributed by atoms with E-state index in [0.29, 0.717) is 17.4 Å². The van der Waals surface area contributed by atoms with Crippen molar-refractivity contribution in [1.82, 2.24) is 0 Å². The van der Waals surface area contributed by atoms with Gasteiger partial charge in [-0.25, -0.2) is 0 Å². The average Bonchev–Trinajstić information content (AvgIpc) is 2.63. The van der Waals surface area contributed by atoms with Gasteiger partial charge in [-0.1, -0.05) is 68.4 Å². The van der Waals surface area contributed by atoms with Crippen LogP contribution in [0.15, 0.2) is 84.9 Å². The fourth-order valence-electron chi connectivity index (χ4n) is 2.31. The molecule has 0 aliphatic carbocycles. The fourth-order valence-corrected chi connectivity index (χ4v) is 3.34. The summed E-state index contributed by atoms with van der Waals surface area (Å²) in [5.74, 6) is 2.56. The third-order valence-electron chi connectivity index (χ3n) is 3.56. The second kappa shape index (κ2) is 8.55. The summed E-state index contributed by atoms with van der Waals surface area (Å²) >= 11 is 0. The number of hydrogen-bond donors (Lipinski definition) is 0. The Bertz CT molecular complexity index is 734. The molecule has 25 heavy (non-hydrogen) atoms. The van der Waals surface area contributed by atoms with Crippen molar-refractivity contribution in [3.05, 3.63) is 90.5 Å². The van der Waals surface area contributed by atoms with Gasteiger partial charge < -0.3 is 13.6 Å². The number of para-hydroxylation sites is 3. The normalized spacial score (nSPS) is 10.7. The molecule has 0 aliphatic rings. The third kappa shape index (κ3) is 4.98. The van der Waals surface area contributed by atoms with E-state index in [1.54, 1.807) is 0 Å². The van der Waals surface area contributed by atoms with Crippen molar-refractivity contribution in [2.24, 2.45) is 0 Å². The first kappa shape index (κ1) is 17.3. The second-order valence-electron chi connectivity index (χ2n) is 5.82. The maximum Gasteiger partial charge on any atom is 0.530 e. The van der Waals surface area contributed by atoms with Crippen molar-refractivity contribution in [3.8, 4) is 17.2 Å². The van der Waals surface area contributed by atoms with E-state index in [9.17, 15) is 0 Å². The summed E-state index contributed by atoms with van der Waals surface area (Å²) in [4.78, 5) is 0. The zero-order valence-corrected chi connectivity index (χ0v) is 15.2. The summed E-state index contributed by atoms with van der Waals surface area (Å²) in [7, 11) is -1.63. The monoisotopic (exact) mass is 352 g/mol. The predicted molar refractivity (Wildman–Crippen MR) is 102 cm³/mol. The highest BCUT2D eigenvalue weighted by molar-refractivity contribution is 7.43. The SMILES string of the molecule is CC(C)c1ccccc1OP(Oc1ccccc1)Oc1ccccc1. The molecule has 3 aromatic rings. The van der Waals surface area contributed by atoms with Crippen LogP contribution in [0.4, 0.5) is 0 Å². The summed E-state index contributed by atoms with van der Waals surface area (Å²) in [5.41, 5.74) is 1.13. The van der Waals surface area contributed by atoms with E-state index >= 15 is 0 Å². The molecule has 0 bridgehead atoms. The topological polar surface area (TPSA) is 27.7 Å². The highest BCUT2D eigenvalue weighted by Gasteiger charge is 2.21. The van der Waals surface area contributed by atoms with Crippen molar-refractivity contribution in [2.45, 2.75) is 19.8 Å². The predicted octanol–water partition coefficient (Wildman–Crippen LogP) is 6.57. The number of benzene rings is 3. The lowest BCUT2D eigenvalue weighted by Gasteiger charge is -2.20. The van der Waals surface area contributed by atoms with Gasteiger partial charge in [0.1, 0.15) is 17.2 Å². The molecule has 3 rings (SSSR count). The van der Waals surface area contributed by atoms with Crippen molar-refractivity contribution in [3.63, 3.8) is 0 Å². The molecule has 0 unspecified atom stereocenters. The van der Waals surface area contributed by atoms with Gasteiger partial charge in [-0.3, -0.25) is 0 Å². The molecule has 0 saturated heterocycles. The molecule has 3 aromatic carbocycles. The van der Waals surface area contributed by atoms with Gasteiger partial charge in [0.25, 0.3) is 0 Å². The summed E-state index contributed by atoms with van der Waals surface area (Å²) in [6, 6.07) is 27.1. The lowest BCUT2D eigenvalue weighted by atomic mass is 10.0. The maximum atomic E-state index is 6.14. The average molecular weight is 352 g/mol. The fraction of sp³-hybridized carbons (Fsp3) is 0.143. The van der Waals surface area contributed by atoms with Crippen LogP contribution in [0.5, 0.6) is 17.2 Å². The van der Waals surface area contributed by atoms with Crippen LogP contribution in [0.2, 0.25) is 0 Å².